The number of nitrogens with zero attached hydrogens (tertiary/aromatic N) is 2. The monoisotopic (exact) mass is 305 g/mol. The van der Waals surface area contributed by atoms with Gasteiger partial charge in [-0.1, -0.05) is 6.92 Å². The second kappa shape index (κ2) is 6.20. The van der Waals surface area contributed by atoms with E-state index in [1.165, 1.54) is 24.8 Å². The Bertz CT molecular complexity index is 604. The number of thiophene rings is 1. The first kappa shape index (κ1) is 14.6. The largest absolute Gasteiger partial charge is 0.493 e. The Kier molecular flexibility index (Phi) is 4.31. The first-order chi connectivity index (χ1) is 10.3. The molecule has 0 saturated carbocycles. The molecule has 2 aromatic heterocycles. The molecule has 0 amide bonds. The van der Waals surface area contributed by atoms with Gasteiger partial charge in [-0.15, -0.1) is 11.3 Å². The van der Waals surface area contributed by atoms with Crippen molar-refractivity contribution in [3.05, 3.63) is 33.8 Å². The number of fused-ring (bicyclic) bond motifs is 1. The average molecular weight is 305 g/mol. The van der Waals surface area contributed by atoms with Crippen molar-refractivity contribution in [2.45, 2.75) is 38.1 Å². The minimum atomic E-state index is 0.256. The van der Waals surface area contributed by atoms with Crippen molar-refractivity contribution in [3.63, 3.8) is 0 Å². The summed E-state index contributed by atoms with van der Waals surface area (Å²) in [6.07, 6.45) is 5.53. The van der Waals surface area contributed by atoms with Gasteiger partial charge in [0, 0.05) is 17.8 Å². The van der Waals surface area contributed by atoms with Gasteiger partial charge in [-0.3, -0.25) is 4.68 Å². The highest BCUT2D eigenvalue weighted by Crippen LogP contribution is 2.44. The van der Waals surface area contributed by atoms with Crippen LogP contribution < -0.4 is 10.1 Å². The molecule has 0 fully saturated rings. The summed E-state index contributed by atoms with van der Waals surface area (Å²) in [5.74, 6) is 1.38. The molecular formula is C16H23N3OS. The van der Waals surface area contributed by atoms with Crippen molar-refractivity contribution in [2.75, 3.05) is 13.7 Å². The van der Waals surface area contributed by atoms with Gasteiger partial charge in [-0.25, -0.2) is 0 Å². The third-order valence-electron chi connectivity index (χ3n) is 4.39. The van der Waals surface area contributed by atoms with Crippen LogP contribution in [-0.2, 0) is 13.5 Å². The number of likely N-dealkylation sites (N-methyl/N-ethyl adjacent to an activating group) is 1. The van der Waals surface area contributed by atoms with Crippen LogP contribution in [0, 0.1) is 0 Å². The van der Waals surface area contributed by atoms with Crippen molar-refractivity contribution < 1.29 is 4.74 Å². The van der Waals surface area contributed by atoms with Crippen LogP contribution >= 0.6 is 11.3 Å². The summed E-state index contributed by atoms with van der Waals surface area (Å²) in [4.78, 5) is 1.55. The van der Waals surface area contributed by atoms with Gasteiger partial charge in [0.15, 0.2) is 5.75 Å². The third-order valence-corrected chi connectivity index (χ3v) is 5.39. The average Bonchev–Trinajstić information content (AvgIpc) is 3.11. The van der Waals surface area contributed by atoms with Crippen molar-refractivity contribution >= 4 is 11.3 Å². The SMILES string of the molecule is CCNC(c1c(OC)cnn1C)C1CCCc2sccc21. The fraction of sp³-hybridized carbons (Fsp3) is 0.562. The molecule has 114 valence electrons. The fourth-order valence-corrected chi connectivity index (χ4v) is 4.45. The van der Waals surface area contributed by atoms with Gasteiger partial charge < -0.3 is 10.1 Å². The molecule has 0 spiro atoms. The summed E-state index contributed by atoms with van der Waals surface area (Å²) in [6, 6.07) is 2.56. The number of nitrogens with one attached hydrogen (secondary N) is 1. The van der Waals surface area contributed by atoms with E-state index in [4.69, 9.17) is 4.74 Å². The van der Waals surface area contributed by atoms with E-state index in [1.807, 2.05) is 29.3 Å². The Morgan fingerprint density at radius 3 is 3.19 bits per heavy atom. The maximum absolute atomic E-state index is 5.53. The highest BCUT2D eigenvalue weighted by atomic mass is 32.1. The zero-order valence-electron chi connectivity index (χ0n) is 12.9. The molecule has 0 saturated heterocycles. The van der Waals surface area contributed by atoms with E-state index in [9.17, 15) is 0 Å². The first-order valence-electron chi connectivity index (χ1n) is 7.61. The van der Waals surface area contributed by atoms with Crippen molar-refractivity contribution in [3.8, 4) is 5.75 Å². The number of hydrogen-bond acceptors (Lipinski definition) is 4. The molecule has 2 atom stereocenters. The van der Waals surface area contributed by atoms with Crippen LogP contribution in [-0.4, -0.2) is 23.4 Å². The summed E-state index contributed by atoms with van der Waals surface area (Å²) >= 11 is 1.89. The molecule has 1 aliphatic carbocycles. The summed E-state index contributed by atoms with van der Waals surface area (Å²) in [7, 11) is 3.72. The highest BCUT2D eigenvalue weighted by molar-refractivity contribution is 7.10. The van der Waals surface area contributed by atoms with E-state index in [1.54, 1.807) is 12.0 Å². The van der Waals surface area contributed by atoms with E-state index in [0.29, 0.717) is 5.92 Å². The van der Waals surface area contributed by atoms with Crippen molar-refractivity contribution in [2.24, 2.45) is 7.05 Å². The van der Waals surface area contributed by atoms with Crippen molar-refractivity contribution in [1.29, 1.82) is 0 Å². The number of hydrogen-bond donors (Lipinski definition) is 1. The van der Waals surface area contributed by atoms with Gasteiger partial charge in [0.2, 0.25) is 0 Å². The highest BCUT2D eigenvalue weighted by Gasteiger charge is 2.32. The van der Waals surface area contributed by atoms with Crippen LogP contribution in [0.2, 0.25) is 0 Å². The molecule has 2 heterocycles. The molecule has 0 radical (unpaired) electrons. The predicted octanol–water partition coefficient (Wildman–Crippen LogP) is 3.26. The first-order valence-corrected chi connectivity index (χ1v) is 8.49. The summed E-state index contributed by atoms with van der Waals surface area (Å²) < 4.78 is 7.48. The van der Waals surface area contributed by atoms with Crippen LogP contribution in [0.3, 0.4) is 0 Å². The zero-order chi connectivity index (χ0) is 14.8. The van der Waals surface area contributed by atoms with Gasteiger partial charge >= 0.3 is 0 Å². The van der Waals surface area contributed by atoms with Crippen LogP contribution in [0.5, 0.6) is 5.75 Å². The normalized spacial score (nSPS) is 19.3. The molecule has 0 aliphatic heterocycles. The second-order valence-electron chi connectivity index (χ2n) is 5.55. The molecule has 4 nitrogen and oxygen atoms in total. The number of aryl methyl sites for hydroxylation is 2. The van der Waals surface area contributed by atoms with E-state index < -0.39 is 0 Å². The maximum Gasteiger partial charge on any atom is 0.161 e. The second-order valence-corrected chi connectivity index (χ2v) is 6.56. The molecule has 0 bridgehead atoms. The molecule has 2 aromatic rings. The Morgan fingerprint density at radius 1 is 1.57 bits per heavy atom. The van der Waals surface area contributed by atoms with E-state index >= 15 is 0 Å². The Labute approximate surface area is 130 Å². The van der Waals surface area contributed by atoms with E-state index in [2.05, 4.69) is 28.8 Å². The van der Waals surface area contributed by atoms with E-state index in [0.717, 1.165) is 18.0 Å². The number of aromatic nitrogens is 2. The minimum absolute atomic E-state index is 0.256. The lowest BCUT2D eigenvalue weighted by Crippen LogP contribution is -2.30. The lowest BCUT2D eigenvalue weighted by atomic mass is 9.81. The summed E-state index contributed by atoms with van der Waals surface area (Å²) in [5, 5.41) is 10.3. The Hall–Kier alpha value is -1.33. The smallest absolute Gasteiger partial charge is 0.161 e. The summed E-state index contributed by atoms with van der Waals surface area (Å²) in [6.45, 7) is 3.10. The number of ether oxygens (including phenoxy) is 1. The molecule has 5 heteroatoms. The summed E-state index contributed by atoms with van der Waals surface area (Å²) in [5.41, 5.74) is 2.67. The standard InChI is InChI=1S/C16H23N3OS/c1-4-17-15(16-13(20-3)10-18-19(16)2)12-6-5-7-14-11(12)8-9-21-14/h8-10,12,15,17H,4-7H2,1-3H3. The lowest BCUT2D eigenvalue weighted by molar-refractivity contribution is 0.360. The molecule has 1 N–H and O–H groups in total. The molecule has 2 unspecified atom stereocenters. The minimum Gasteiger partial charge on any atom is -0.493 e. The fourth-order valence-electron chi connectivity index (χ4n) is 3.46. The van der Waals surface area contributed by atoms with E-state index in [-0.39, 0.29) is 6.04 Å². The maximum atomic E-state index is 5.53. The van der Waals surface area contributed by atoms with Crippen molar-refractivity contribution in [1.82, 2.24) is 15.1 Å². The predicted molar refractivity (Wildman–Crippen MR) is 86.2 cm³/mol. The molecule has 1 aliphatic rings. The Balaban J connectivity index is 2.02. The molecule has 0 aromatic carbocycles. The number of rotatable bonds is 5. The van der Waals surface area contributed by atoms with Crippen LogP contribution in [0.1, 0.15) is 47.9 Å². The van der Waals surface area contributed by atoms with Gasteiger partial charge in [0.05, 0.1) is 25.0 Å². The zero-order valence-corrected chi connectivity index (χ0v) is 13.7. The van der Waals surface area contributed by atoms with Crippen LogP contribution in [0.4, 0.5) is 0 Å². The molecule has 21 heavy (non-hydrogen) atoms. The molecule has 3 rings (SSSR count). The van der Waals surface area contributed by atoms with Crippen LogP contribution in [0.15, 0.2) is 17.6 Å². The topological polar surface area (TPSA) is 39.1 Å². The van der Waals surface area contributed by atoms with Gasteiger partial charge in [-0.2, -0.15) is 5.10 Å². The number of methoxy groups -OCH3 is 1. The van der Waals surface area contributed by atoms with Gasteiger partial charge in [0.25, 0.3) is 0 Å². The lowest BCUT2D eigenvalue weighted by Gasteiger charge is -2.31. The molecular weight excluding hydrogens is 282 g/mol. The Morgan fingerprint density at radius 2 is 2.43 bits per heavy atom. The van der Waals surface area contributed by atoms with Gasteiger partial charge in [0.1, 0.15) is 0 Å². The van der Waals surface area contributed by atoms with Crippen LogP contribution in [0.25, 0.3) is 0 Å². The van der Waals surface area contributed by atoms with Gasteiger partial charge in [-0.05, 0) is 42.8 Å². The third kappa shape index (κ3) is 2.60. The quantitative estimate of drug-likeness (QED) is 0.921.